The second kappa shape index (κ2) is 4.86. The molecule has 92 valence electrons. The number of hydrogen-bond acceptors (Lipinski definition) is 3. The Morgan fingerprint density at radius 2 is 1.82 bits per heavy atom. The molecule has 0 aromatic heterocycles. The molecular weight excluding hydrogens is 237 g/mol. The van der Waals surface area contributed by atoms with E-state index in [2.05, 4.69) is 5.10 Å². The molecule has 0 aliphatic heterocycles. The highest BCUT2D eigenvalue weighted by Crippen LogP contribution is 2.14. The maximum absolute atomic E-state index is 11.8. The quantitative estimate of drug-likeness (QED) is 0.617. The molecule has 17 heavy (non-hydrogen) atoms. The Bertz CT molecular complexity index is 438. The summed E-state index contributed by atoms with van der Waals surface area (Å²) >= 11 is 0. The van der Waals surface area contributed by atoms with Crippen molar-refractivity contribution in [2.75, 3.05) is 0 Å². The van der Waals surface area contributed by atoms with Crippen LogP contribution in [0.4, 0.5) is 13.2 Å². The minimum Gasteiger partial charge on any atom is -0.508 e. The van der Waals surface area contributed by atoms with Gasteiger partial charge in [-0.2, -0.15) is 18.3 Å². The van der Waals surface area contributed by atoms with Crippen molar-refractivity contribution in [2.24, 2.45) is 5.10 Å². The number of nitrogens with one attached hydrogen (secondary N) is 1. The number of aromatic hydroxyl groups is 1. The Morgan fingerprint density at radius 3 is 2.29 bits per heavy atom. The molecule has 0 unspecified atom stereocenters. The predicted molar refractivity (Wildman–Crippen MR) is 54.5 cm³/mol. The second-order valence-electron chi connectivity index (χ2n) is 3.18. The molecule has 0 radical (unpaired) electrons. The van der Waals surface area contributed by atoms with E-state index in [0.717, 1.165) is 0 Å². The van der Waals surface area contributed by atoms with Crippen LogP contribution in [0.25, 0.3) is 0 Å². The molecule has 0 heterocycles. The molecule has 4 nitrogen and oxygen atoms in total. The SMILES string of the molecule is C/C(=N/NC(=O)C(F)(F)F)c1ccc(O)cc1. The van der Waals surface area contributed by atoms with Crippen LogP contribution in [0, 0.1) is 0 Å². The fourth-order valence-electron chi connectivity index (χ4n) is 0.965. The zero-order chi connectivity index (χ0) is 13.1. The first-order valence-electron chi connectivity index (χ1n) is 4.51. The van der Waals surface area contributed by atoms with Crippen LogP contribution in [-0.2, 0) is 4.79 Å². The first kappa shape index (κ1) is 13.0. The van der Waals surface area contributed by atoms with E-state index in [1.807, 2.05) is 0 Å². The van der Waals surface area contributed by atoms with Crippen LogP contribution >= 0.6 is 0 Å². The van der Waals surface area contributed by atoms with Crippen molar-refractivity contribution in [1.29, 1.82) is 0 Å². The number of amides is 1. The van der Waals surface area contributed by atoms with Crippen molar-refractivity contribution in [1.82, 2.24) is 5.43 Å². The van der Waals surface area contributed by atoms with Crippen molar-refractivity contribution >= 4 is 11.6 Å². The Labute approximate surface area is 94.8 Å². The highest BCUT2D eigenvalue weighted by atomic mass is 19.4. The van der Waals surface area contributed by atoms with Crippen molar-refractivity contribution in [3.8, 4) is 5.75 Å². The number of phenols is 1. The molecule has 0 saturated carbocycles. The van der Waals surface area contributed by atoms with E-state index in [9.17, 15) is 18.0 Å². The average Bonchev–Trinajstić information content (AvgIpc) is 2.25. The molecule has 1 aromatic rings. The maximum Gasteiger partial charge on any atom is 0.473 e. The fourth-order valence-corrected chi connectivity index (χ4v) is 0.965. The molecule has 1 aromatic carbocycles. The molecule has 0 aliphatic rings. The maximum atomic E-state index is 11.8. The van der Waals surface area contributed by atoms with Crippen molar-refractivity contribution in [2.45, 2.75) is 13.1 Å². The topological polar surface area (TPSA) is 61.7 Å². The van der Waals surface area contributed by atoms with Gasteiger partial charge in [0, 0.05) is 0 Å². The van der Waals surface area contributed by atoms with Crippen LogP contribution in [-0.4, -0.2) is 22.9 Å². The highest BCUT2D eigenvalue weighted by molar-refractivity contribution is 5.99. The number of halogens is 3. The van der Waals surface area contributed by atoms with E-state index < -0.39 is 12.1 Å². The minimum atomic E-state index is -4.96. The summed E-state index contributed by atoms with van der Waals surface area (Å²) in [4.78, 5) is 10.5. The zero-order valence-corrected chi connectivity index (χ0v) is 8.75. The molecule has 1 amide bonds. The van der Waals surface area contributed by atoms with Gasteiger partial charge in [-0.3, -0.25) is 4.79 Å². The number of benzene rings is 1. The van der Waals surface area contributed by atoms with Gasteiger partial charge in [0.25, 0.3) is 0 Å². The summed E-state index contributed by atoms with van der Waals surface area (Å²) in [6.45, 7) is 1.43. The van der Waals surface area contributed by atoms with E-state index in [1.54, 1.807) is 0 Å². The number of hydrogen-bond donors (Lipinski definition) is 2. The van der Waals surface area contributed by atoms with Crippen molar-refractivity contribution < 1.29 is 23.1 Å². The van der Waals surface area contributed by atoms with Crippen LogP contribution < -0.4 is 5.43 Å². The first-order chi connectivity index (χ1) is 7.80. The predicted octanol–water partition coefficient (Wildman–Crippen LogP) is 1.79. The largest absolute Gasteiger partial charge is 0.508 e. The third-order valence-electron chi connectivity index (χ3n) is 1.87. The average molecular weight is 246 g/mol. The number of phenolic OH excluding ortho intramolecular Hbond substituents is 1. The van der Waals surface area contributed by atoms with Gasteiger partial charge >= 0.3 is 12.1 Å². The summed E-state index contributed by atoms with van der Waals surface area (Å²) in [6.07, 6.45) is -4.96. The van der Waals surface area contributed by atoms with E-state index in [1.165, 1.54) is 36.6 Å². The minimum absolute atomic E-state index is 0.0286. The summed E-state index contributed by atoms with van der Waals surface area (Å²) in [5.41, 5.74) is 2.08. The molecule has 0 saturated heterocycles. The van der Waals surface area contributed by atoms with Gasteiger partial charge in [0.1, 0.15) is 5.75 Å². The van der Waals surface area contributed by atoms with E-state index in [0.29, 0.717) is 5.56 Å². The van der Waals surface area contributed by atoms with Crippen LogP contribution in [0.2, 0.25) is 0 Å². The van der Waals surface area contributed by atoms with Crippen LogP contribution in [0.1, 0.15) is 12.5 Å². The van der Waals surface area contributed by atoms with Gasteiger partial charge in [-0.05, 0) is 36.8 Å². The molecule has 0 spiro atoms. The monoisotopic (exact) mass is 246 g/mol. The Balaban J connectivity index is 2.74. The van der Waals surface area contributed by atoms with Gasteiger partial charge in [-0.15, -0.1) is 0 Å². The summed E-state index contributed by atoms with van der Waals surface area (Å²) in [5, 5.41) is 12.3. The number of carbonyl (C=O) groups is 1. The zero-order valence-electron chi connectivity index (χ0n) is 8.75. The number of alkyl halides is 3. The van der Waals surface area contributed by atoms with Gasteiger partial charge in [-0.1, -0.05) is 0 Å². The van der Waals surface area contributed by atoms with Crippen molar-refractivity contribution in [3.05, 3.63) is 29.8 Å². The third-order valence-corrected chi connectivity index (χ3v) is 1.87. The Hall–Kier alpha value is -2.05. The summed E-state index contributed by atoms with van der Waals surface area (Å²) in [5.74, 6) is -2.10. The van der Waals surface area contributed by atoms with E-state index in [-0.39, 0.29) is 11.5 Å². The lowest BCUT2D eigenvalue weighted by Crippen LogP contribution is -2.34. The Kier molecular flexibility index (Phi) is 3.72. The number of nitrogens with zero attached hydrogens (tertiary/aromatic N) is 1. The smallest absolute Gasteiger partial charge is 0.473 e. The third kappa shape index (κ3) is 3.78. The summed E-state index contributed by atoms with van der Waals surface area (Å²) in [7, 11) is 0. The van der Waals surface area contributed by atoms with Gasteiger partial charge in [0.05, 0.1) is 5.71 Å². The summed E-state index contributed by atoms with van der Waals surface area (Å²) < 4.78 is 35.5. The van der Waals surface area contributed by atoms with Crippen LogP contribution in [0.3, 0.4) is 0 Å². The molecule has 0 fully saturated rings. The van der Waals surface area contributed by atoms with Crippen molar-refractivity contribution in [3.63, 3.8) is 0 Å². The lowest BCUT2D eigenvalue weighted by Gasteiger charge is -2.05. The van der Waals surface area contributed by atoms with Gasteiger partial charge < -0.3 is 5.11 Å². The van der Waals surface area contributed by atoms with Gasteiger partial charge in [0.2, 0.25) is 0 Å². The standard InChI is InChI=1S/C10H9F3N2O2/c1-6(7-2-4-8(16)5-3-7)14-15-9(17)10(11,12)13/h2-5,16H,1H3,(H,15,17)/b14-6-. The fraction of sp³-hybridized carbons (Fsp3) is 0.200. The summed E-state index contributed by atoms with van der Waals surface area (Å²) in [6, 6.07) is 5.65. The molecule has 1 rings (SSSR count). The van der Waals surface area contributed by atoms with Gasteiger partial charge in [-0.25, -0.2) is 5.43 Å². The van der Waals surface area contributed by atoms with Gasteiger partial charge in [0.15, 0.2) is 0 Å². The van der Waals surface area contributed by atoms with E-state index >= 15 is 0 Å². The molecule has 2 N–H and O–H groups in total. The lowest BCUT2D eigenvalue weighted by atomic mass is 10.1. The van der Waals surface area contributed by atoms with Crippen LogP contribution in [0.15, 0.2) is 29.4 Å². The number of rotatable bonds is 2. The van der Waals surface area contributed by atoms with E-state index in [4.69, 9.17) is 5.11 Å². The number of hydrazone groups is 1. The molecule has 0 atom stereocenters. The molecule has 0 aliphatic carbocycles. The molecular formula is C10H9F3N2O2. The molecule has 7 heteroatoms. The second-order valence-corrected chi connectivity index (χ2v) is 3.18. The first-order valence-corrected chi connectivity index (χ1v) is 4.51. The Morgan fingerprint density at radius 1 is 1.29 bits per heavy atom. The lowest BCUT2D eigenvalue weighted by molar-refractivity contribution is -0.173. The highest BCUT2D eigenvalue weighted by Gasteiger charge is 2.38. The molecule has 0 bridgehead atoms. The normalized spacial score (nSPS) is 12.4. The number of carbonyl (C=O) groups excluding carboxylic acids is 1. The van der Waals surface area contributed by atoms with Crippen LogP contribution in [0.5, 0.6) is 5.75 Å².